The van der Waals surface area contributed by atoms with Crippen LogP contribution < -0.4 is 5.73 Å². The summed E-state index contributed by atoms with van der Waals surface area (Å²) >= 11 is 7.51. The van der Waals surface area contributed by atoms with Crippen LogP contribution >= 0.6 is 22.9 Å². The molecule has 0 aliphatic heterocycles. The molecule has 0 fully saturated rings. The maximum absolute atomic E-state index is 6.09. The first-order valence-corrected chi connectivity index (χ1v) is 5.66. The van der Waals surface area contributed by atoms with Crippen molar-refractivity contribution in [3.63, 3.8) is 0 Å². The summed E-state index contributed by atoms with van der Waals surface area (Å²) in [5.41, 5.74) is 7.19. The van der Waals surface area contributed by atoms with Gasteiger partial charge in [0, 0.05) is 11.3 Å². The van der Waals surface area contributed by atoms with Crippen LogP contribution in [0.3, 0.4) is 0 Å². The molecule has 0 spiro atoms. The molecule has 0 saturated carbocycles. The SMILES string of the molecule is Nc1ccc(Cl)c(-c2nn3cnnc3s2)c1. The number of rotatable bonds is 1. The Labute approximate surface area is 99.5 Å². The van der Waals surface area contributed by atoms with E-state index in [0.717, 1.165) is 15.5 Å². The van der Waals surface area contributed by atoms with Gasteiger partial charge in [-0.1, -0.05) is 22.9 Å². The van der Waals surface area contributed by atoms with Crippen LogP contribution in [0.15, 0.2) is 24.5 Å². The average molecular weight is 252 g/mol. The summed E-state index contributed by atoms with van der Waals surface area (Å²) in [4.78, 5) is 0.730. The van der Waals surface area contributed by atoms with E-state index in [2.05, 4.69) is 15.3 Å². The Kier molecular flexibility index (Phi) is 2.05. The molecule has 0 saturated heterocycles. The van der Waals surface area contributed by atoms with Crippen LogP contribution in [0, 0.1) is 0 Å². The highest BCUT2D eigenvalue weighted by Crippen LogP contribution is 2.32. The van der Waals surface area contributed by atoms with Gasteiger partial charge in [-0.3, -0.25) is 0 Å². The Hall–Kier alpha value is -1.66. The van der Waals surface area contributed by atoms with Gasteiger partial charge in [0.25, 0.3) is 0 Å². The van der Waals surface area contributed by atoms with E-state index in [1.165, 1.54) is 11.3 Å². The van der Waals surface area contributed by atoms with E-state index < -0.39 is 0 Å². The van der Waals surface area contributed by atoms with Crippen molar-refractivity contribution in [2.24, 2.45) is 0 Å². The second kappa shape index (κ2) is 3.43. The fourth-order valence-electron chi connectivity index (χ4n) is 1.38. The second-order valence-electron chi connectivity index (χ2n) is 3.20. The van der Waals surface area contributed by atoms with E-state index in [4.69, 9.17) is 17.3 Å². The van der Waals surface area contributed by atoms with Crippen LogP contribution in [-0.4, -0.2) is 19.8 Å². The van der Waals surface area contributed by atoms with E-state index >= 15 is 0 Å². The third kappa shape index (κ3) is 1.43. The lowest BCUT2D eigenvalue weighted by Gasteiger charge is -2.00. The topological polar surface area (TPSA) is 69.1 Å². The molecule has 2 N–H and O–H groups in total. The zero-order chi connectivity index (χ0) is 11.1. The molecule has 0 amide bonds. The van der Waals surface area contributed by atoms with Gasteiger partial charge < -0.3 is 5.73 Å². The normalized spacial score (nSPS) is 11.1. The number of nitrogens with two attached hydrogens (primary N) is 1. The summed E-state index contributed by atoms with van der Waals surface area (Å²) in [6.45, 7) is 0. The third-order valence-corrected chi connectivity index (χ3v) is 3.38. The third-order valence-electron chi connectivity index (χ3n) is 2.11. The average Bonchev–Trinajstić information content (AvgIpc) is 2.81. The second-order valence-corrected chi connectivity index (χ2v) is 4.57. The lowest BCUT2D eigenvalue weighted by atomic mass is 10.2. The monoisotopic (exact) mass is 251 g/mol. The van der Waals surface area contributed by atoms with Crippen molar-refractivity contribution in [3.8, 4) is 10.6 Å². The largest absolute Gasteiger partial charge is 0.399 e. The first-order chi connectivity index (χ1) is 7.74. The summed E-state index contributed by atoms with van der Waals surface area (Å²) in [7, 11) is 0. The van der Waals surface area contributed by atoms with E-state index in [9.17, 15) is 0 Å². The number of hydrogen-bond acceptors (Lipinski definition) is 5. The molecular formula is C9H6ClN5S. The zero-order valence-electron chi connectivity index (χ0n) is 7.96. The van der Waals surface area contributed by atoms with Crippen LogP contribution in [-0.2, 0) is 0 Å². The minimum atomic E-state index is 0.624. The van der Waals surface area contributed by atoms with Crippen LogP contribution in [0.2, 0.25) is 5.02 Å². The number of nitrogen functional groups attached to an aromatic ring is 1. The van der Waals surface area contributed by atoms with Gasteiger partial charge in [-0.05, 0) is 18.2 Å². The van der Waals surface area contributed by atoms with Crippen LogP contribution in [0.5, 0.6) is 0 Å². The highest BCUT2D eigenvalue weighted by atomic mass is 35.5. The van der Waals surface area contributed by atoms with Gasteiger partial charge in [0.15, 0.2) is 0 Å². The lowest BCUT2D eigenvalue weighted by Crippen LogP contribution is -1.87. The molecule has 16 heavy (non-hydrogen) atoms. The van der Waals surface area contributed by atoms with Gasteiger partial charge in [0.05, 0.1) is 5.02 Å². The molecule has 0 radical (unpaired) electrons. The van der Waals surface area contributed by atoms with Gasteiger partial charge in [-0.15, -0.1) is 10.2 Å². The van der Waals surface area contributed by atoms with Crippen molar-refractivity contribution in [2.45, 2.75) is 0 Å². The number of halogens is 1. The van der Waals surface area contributed by atoms with Gasteiger partial charge in [0.1, 0.15) is 11.3 Å². The predicted octanol–water partition coefficient (Wildman–Crippen LogP) is 2.09. The fourth-order valence-corrected chi connectivity index (χ4v) is 2.49. The molecule has 5 nitrogen and oxygen atoms in total. The van der Waals surface area contributed by atoms with Crippen LogP contribution in [0.4, 0.5) is 5.69 Å². The predicted molar refractivity (Wildman–Crippen MR) is 63.5 cm³/mol. The maximum Gasteiger partial charge on any atom is 0.234 e. The van der Waals surface area contributed by atoms with Crippen molar-refractivity contribution >= 4 is 33.6 Å². The summed E-state index contributed by atoms with van der Waals surface area (Å²) in [5.74, 6) is 0. The van der Waals surface area contributed by atoms with Crippen molar-refractivity contribution < 1.29 is 0 Å². The number of nitrogens with zero attached hydrogens (tertiary/aromatic N) is 4. The molecule has 2 heterocycles. The molecule has 80 valence electrons. The first kappa shape index (κ1) is 9.56. The minimum absolute atomic E-state index is 0.624. The Bertz CT molecular complexity index is 630. The van der Waals surface area contributed by atoms with Crippen molar-refractivity contribution in [3.05, 3.63) is 29.5 Å². The Morgan fingerprint density at radius 2 is 2.25 bits per heavy atom. The molecule has 3 rings (SSSR count). The number of anilines is 1. The molecule has 0 bridgehead atoms. The highest BCUT2D eigenvalue weighted by Gasteiger charge is 2.11. The standard InChI is InChI=1S/C9H6ClN5S/c10-7-2-1-5(11)3-6(7)8-14-15-4-12-13-9(15)16-8/h1-4H,11H2. The maximum atomic E-state index is 6.09. The number of fused-ring (bicyclic) bond motifs is 1. The zero-order valence-corrected chi connectivity index (χ0v) is 9.53. The molecule has 0 unspecified atom stereocenters. The molecule has 0 atom stereocenters. The molecule has 7 heteroatoms. The van der Waals surface area contributed by atoms with Gasteiger partial charge >= 0.3 is 0 Å². The molecular weight excluding hydrogens is 246 g/mol. The van der Waals surface area contributed by atoms with Gasteiger partial charge in [0.2, 0.25) is 4.96 Å². The summed E-state index contributed by atoms with van der Waals surface area (Å²) in [6, 6.07) is 5.31. The Morgan fingerprint density at radius 3 is 3.06 bits per heavy atom. The number of benzene rings is 1. The number of hydrogen-bond donors (Lipinski definition) is 1. The van der Waals surface area contributed by atoms with Crippen molar-refractivity contribution in [1.29, 1.82) is 0 Å². The Balaban J connectivity index is 2.22. The van der Waals surface area contributed by atoms with Crippen LogP contribution in [0.1, 0.15) is 0 Å². The van der Waals surface area contributed by atoms with E-state index in [1.807, 2.05) is 0 Å². The van der Waals surface area contributed by atoms with Crippen molar-refractivity contribution in [2.75, 3.05) is 5.73 Å². The summed E-state index contributed by atoms with van der Waals surface area (Å²) < 4.78 is 1.61. The van der Waals surface area contributed by atoms with Gasteiger partial charge in [-0.2, -0.15) is 9.61 Å². The molecule has 0 aliphatic carbocycles. The fraction of sp³-hybridized carbons (Fsp3) is 0. The van der Waals surface area contributed by atoms with Crippen LogP contribution in [0.25, 0.3) is 15.5 Å². The molecule has 2 aromatic heterocycles. The summed E-state index contributed by atoms with van der Waals surface area (Å²) in [5, 5.41) is 13.4. The molecule has 3 aromatic rings. The smallest absolute Gasteiger partial charge is 0.234 e. The van der Waals surface area contributed by atoms with Crippen molar-refractivity contribution in [1.82, 2.24) is 19.8 Å². The van der Waals surface area contributed by atoms with Gasteiger partial charge in [-0.25, -0.2) is 0 Å². The Morgan fingerprint density at radius 1 is 1.38 bits per heavy atom. The highest BCUT2D eigenvalue weighted by molar-refractivity contribution is 7.19. The molecule has 1 aromatic carbocycles. The summed E-state index contributed by atoms with van der Waals surface area (Å²) in [6.07, 6.45) is 1.55. The molecule has 0 aliphatic rings. The van der Waals surface area contributed by atoms with E-state index in [1.54, 1.807) is 29.0 Å². The first-order valence-electron chi connectivity index (χ1n) is 4.46. The quantitative estimate of drug-likeness (QED) is 0.673. The lowest BCUT2D eigenvalue weighted by molar-refractivity contribution is 0.960. The minimum Gasteiger partial charge on any atom is -0.399 e. The van der Waals surface area contributed by atoms with E-state index in [-0.39, 0.29) is 0 Å². The van der Waals surface area contributed by atoms with E-state index in [0.29, 0.717) is 10.7 Å². The number of aromatic nitrogens is 4.